The SMILES string of the molecule is CCCCOC(=O)N(n1c(=O)[nH]c2cc(C(F)(F)F)c(C3CCCO3)cc2c1=O)S(C)(=O)=O. The Hall–Kier alpha value is -2.87. The molecule has 1 aliphatic heterocycles. The molecule has 14 heteroatoms. The minimum atomic E-state index is -4.80. The maximum atomic E-state index is 13.7. The number of unbranched alkanes of at least 4 members (excludes halogenated alkanes) is 1. The zero-order valence-corrected chi connectivity index (χ0v) is 18.6. The number of fused-ring (bicyclic) bond motifs is 1. The lowest BCUT2D eigenvalue weighted by Crippen LogP contribution is -2.56. The molecule has 0 spiro atoms. The molecule has 10 nitrogen and oxygen atoms in total. The first-order chi connectivity index (χ1) is 15.4. The molecule has 33 heavy (non-hydrogen) atoms. The normalized spacial score (nSPS) is 16.8. The van der Waals surface area contributed by atoms with Crippen molar-refractivity contribution in [2.75, 3.05) is 23.9 Å². The topological polar surface area (TPSA) is 128 Å². The van der Waals surface area contributed by atoms with Crippen molar-refractivity contribution >= 4 is 27.0 Å². The van der Waals surface area contributed by atoms with Crippen molar-refractivity contribution in [3.8, 4) is 0 Å². The summed E-state index contributed by atoms with van der Waals surface area (Å²) in [6.07, 6.45) is -4.84. The van der Waals surface area contributed by atoms with E-state index in [2.05, 4.69) is 4.98 Å². The van der Waals surface area contributed by atoms with Gasteiger partial charge >= 0.3 is 18.0 Å². The predicted molar refractivity (Wildman–Crippen MR) is 111 cm³/mol. The number of benzene rings is 1. The summed E-state index contributed by atoms with van der Waals surface area (Å²) in [5, 5.41) is -0.428. The molecule has 1 aromatic carbocycles. The highest BCUT2D eigenvalue weighted by Crippen LogP contribution is 2.40. The number of aromatic amines is 1. The van der Waals surface area contributed by atoms with Crippen LogP contribution in [0.2, 0.25) is 0 Å². The van der Waals surface area contributed by atoms with Gasteiger partial charge in [0.2, 0.25) is 0 Å². The van der Waals surface area contributed by atoms with Gasteiger partial charge in [0.05, 0.1) is 35.4 Å². The van der Waals surface area contributed by atoms with Crippen LogP contribution in [0.4, 0.5) is 18.0 Å². The smallest absolute Gasteiger partial charge is 0.444 e. The Morgan fingerprint density at radius 2 is 2.03 bits per heavy atom. The van der Waals surface area contributed by atoms with Crippen LogP contribution >= 0.6 is 0 Å². The Kier molecular flexibility index (Phi) is 6.88. The average Bonchev–Trinajstić information content (AvgIpc) is 3.23. The number of H-pyrrole nitrogens is 1. The number of aromatic nitrogens is 2. The molecule has 3 rings (SSSR count). The van der Waals surface area contributed by atoms with Crippen LogP contribution in [0, 0.1) is 0 Å². The minimum Gasteiger partial charge on any atom is -0.447 e. The van der Waals surface area contributed by atoms with Crippen LogP contribution in [-0.2, 0) is 25.7 Å². The van der Waals surface area contributed by atoms with E-state index in [0.717, 1.165) is 6.07 Å². The lowest BCUT2D eigenvalue weighted by atomic mass is 9.97. The molecule has 1 saturated heterocycles. The Balaban J connectivity index is 2.26. The van der Waals surface area contributed by atoms with E-state index in [1.54, 1.807) is 6.92 Å². The summed E-state index contributed by atoms with van der Waals surface area (Å²) in [6.45, 7) is 1.86. The number of hydrogen-bond acceptors (Lipinski definition) is 7. The molecular formula is C19H22F3N3O7S. The van der Waals surface area contributed by atoms with E-state index in [1.165, 1.54) is 0 Å². The molecule has 1 fully saturated rings. The molecule has 1 N–H and O–H groups in total. The summed E-state index contributed by atoms with van der Waals surface area (Å²) in [5.41, 5.74) is -4.61. The number of alkyl halides is 3. The van der Waals surface area contributed by atoms with Gasteiger partial charge < -0.3 is 14.5 Å². The summed E-state index contributed by atoms with van der Waals surface area (Å²) in [5.74, 6) is 0. The average molecular weight is 493 g/mol. The highest BCUT2D eigenvalue weighted by atomic mass is 32.2. The second-order valence-corrected chi connectivity index (χ2v) is 9.32. The fraction of sp³-hybridized carbons (Fsp3) is 0.526. The second-order valence-electron chi connectivity index (χ2n) is 7.51. The number of nitrogens with one attached hydrogen (secondary N) is 1. The summed E-state index contributed by atoms with van der Waals surface area (Å²) in [6, 6.07) is 1.51. The highest BCUT2D eigenvalue weighted by Gasteiger charge is 2.38. The Morgan fingerprint density at radius 1 is 1.33 bits per heavy atom. The number of sulfonamides is 1. The molecule has 1 aliphatic rings. The second kappa shape index (κ2) is 9.17. The molecule has 1 unspecified atom stereocenters. The largest absolute Gasteiger partial charge is 0.447 e. The molecule has 1 atom stereocenters. The molecule has 0 bridgehead atoms. The lowest BCUT2D eigenvalue weighted by Gasteiger charge is -2.22. The predicted octanol–water partition coefficient (Wildman–Crippen LogP) is 2.39. The van der Waals surface area contributed by atoms with Crippen molar-refractivity contribution in [3.63, 3.8) is 0 Å². The van der Waals surface area contributed by atoms with Gasteiger partial charge in [-0.15, -0.1) is 4.68 Å². The zero-order valence-electron chi connectivity index (χ0n) is 17.8. The zero-order chi connectivity index (χ0) is 24.6. The molecule has 2 aromatic rings. The van der Waals surface area contributed by atoms with Crippen LogP contribution in [0.15, 0.2) is 21.7 Å². The van der Waals surface area contributed by atoms with E-state index in [-0.39, 0.29) is 34.3 Å². The third-order valence-electron chi connectivity index (χ3n) is 5.00. The monoisotopic (exact) mass is 493 g/mol. The molecule has 2 heterocycles. The highest BCUT2D eigenvalue weighted by molar-refractivity contribution is 7.92. The van der Waals surface area contributed by atoms with Crippen molar-refractivity contribution in [2.24, 2.45) is 0 Å². The van der Waals surface area contributed by atoms with Crippen molar-refractivity contribution in [2.45, 2.75) is 44.9 Å². The Labute approximate surface area is 185 Å². The van der Waals surface area contributed by atoms with Gasteiger partial charge in [0.15, 0.2) is 0 Å². The maximum absolute atomic E-state index is 13.7. The molecule has 0 aliphatic carbocycles. The standard InChI is InChI=1S/C19H22F3N3O7S/c1-3-4-7-32-18(28)25(33(2,29)30)24-16(26)12-9-11(15-6-5-8-31-15)13(19(20,21)22)10-14(12)23-17(24)27/h9-10,15H,3-8H2,1-2H3,(H,23,27). The van der Waals surface area contributed by atoms with E-state index in [1.807, 2.05) is 0 Å². The van der Waals surface area contributed by atoms with Crippen molar-refractivity contribution in [3.05, 3.63) is 44.1 Å². The van der Waals surface area contributed by atoms with Crippen LogP contribution in [0.25, 0.3) is 10.9 Å². The van der Waals surface area contributed by atoms with Gasteiger partial charge in [-0.2, -0.15) is 13.2 Å². The van der Waals surface area contributed by atoms with Crippen LogP contribution < -0.4 is 15.7 Å². The number of carbonyl (C=O) groups is 1. The minimum absolute atomic E-state index is 0.00150. The van der Waals surface area contributed by atoms with Gasteiger partial charge in [0, 0.05) is 6.61 Å². The van der Waals surface area contributed by atoms with Crippen LogP contribution in [0.5, 0.6) is 0 Å². The molecule has 0 saturated carbocycles. The molecule has 182 valence electrons. The molecule has 0 radical (unpaired) electrons. The third-order valence-corrected chi connectivity index (χ3v) is 5.94. The molecule has 1 aromatic heterocycles. The fourth-order valence-corrected chi connectivity index (χ4v) is 4.26. The third kappa shape index (κ3) is 5.05. The van der Waals surface area contributed by atoms with Crippen LogP contribution in [0.1, 0.15) is 49.8 Å². The summed E-state index contributed by atoms with van der Waals surface area (Å²) >= 11 is 0. The summed E-state index contributed by atoms with van der Waals surface area (Å²) in [4.78, 5) is 40.1. The number of hydrogen-bond donors (Lipinski definition) is 1. The first-order valence-electron chi connectivity index (χ1n) is 10.1. The Bertz CT molecular complexity index is 1280. The van der Waals surface area contributed by atoms with Crippen molar-refractivity contribution in [1.29, 1.82) is 0 Å². The van der Waals surface area contributed by atoms with Gasteiger partial charge in [-0.25, -0.2) is 18.0 Å². The lowest BCUT2D eigenvalue weighted by molar-refractivity contribution is -0.139. The van der Waals surface area contributed by atoms with Gasteiger partial charge in [0.1, 0.15) is 0 Å². The number of halogens is 3. The quantitative estimate of drug-likeness (QED) is 0.612. The van der Waals surface area contributed by atoms with Gasteiger partial charge in [0.25, 0.3) is 15.6 Å². The Morgan fingerprint density at radius 3 is 2.58 bits per heavy atom. The number of amides is 1. The van der Waals surface area contributed by atoms with E-state index in [0.29, 0.717) is 31.6 Å². The van der Waals surface area contributed by atoms with Gasteiger partial charge in [-0.3, -0.25) is 4.79 Å². The maximum Gasteiger partial charge on any atom is 0.444 e. The van der Waals surface area contributed by atoms with E-state index < -0.39 is 56.1 Å². The van der Waals surface area contributed by atoms with E-state index >= 15 is 0 Å². The first-order valence-corrected chi connectivity index (χ1v) is 11.9. The fourth-order valence-electron chi connectivity index (χ4n) is 3.50. The van der Waals surface area contributed by atoms with Crippen molar-refractivity contribution in [1.82, 2.24) is 9.66 Å². The number of nitrogens with zero attached hydrogens (tertiary/aromatic N) is 2. The molecule has 1 amide bonds. The number of carbonyl (C=O) groups excluding carboxylic acids is 1. The summed E-state index contributed by atoms with van der Waals surface area (Å²) in [7, 11) is -4.53. The summed E-state index contributed by atoms with van der Waals surface area (Å²) < 4.78 is 75.6. The van der Waals surface area contributed by atoms with Gasteiger partial charge in [-0.1, -0.05) is 17.8 Å². The first kappa shape index (κ1) is 24.8. The van der Waals surface area contributed by atoms with Crippen LogP contribution in [0.3, 0.4) is 0 Å². The van der Waals surface area contributed by atoms with E-state index in [4.69, 9.17) is 9.47 Å². The van der Waals surface area contributed by atoms with Gasteiger partial charge in [-0.05, 0) is 37.0 Å². The van der Waals surface area contributed by atoms with Crippen LogP contribution in [-0.4, -0.2) is 43.6 Å². The number of rotatable bonds is 6. The number of ether oxygens (including phenoxy) is 2. The van der Waals surface area contributed by atoms with Crippen molar-refractivity contribution < 1.29 is 35.9 Å². The van der Waals surface area contributed by atoms with E-state index in [9.17, 15) is 36.0 Å². The molecular weight excluding hydrogens is 471 g/mol.